The van der Waals surface area contributed by atoms with E-state index in [-0.39, 0.29) is 19.4 Å². The summed E-state index contributed by atoms with van der Waals surface area (Å²) in [5, 5.41) is 5.91. The number of carbonyl (C=O) groups is 4. The number of aryl methyl sites for hydroxylation is 1. The summed E-state index contributed by atoms with van der Waals surface area (Å²) in [6, 6.07) is 12.1. The lowest BCUT2D eigenvalue weighted by molar-refractivity contribution is -0.141. The summed E-state index contributed by atoms with van der Waals surface area (Å²) >= 11 is 6.42. The van der Waals surface area contributed by atoms with Crippen LogP contribution in [0.25, 0.3) is 0 Å². The predicted molar refractivity (Wildman–Crippen MR) is 161 cm³/mol. The monoisotopic (exact) mass is 586 g/mol. The number of benzene rings is 2. The molecule has 0 spiro atoms. The van der Waals surface area contributed by atoms with Gasteiger partial charge >= 0.3 is 6.09 Å². The Morgan fingerprint density at radius 1 is 1.00 bits per heavy atom. The number of halogens is 1. The molecule has 2 aromatic rings. The Morgan fingerprint density at radius 3 is 2.27 bits per heavy atom. The van der Waals surface area contributed by atoms with E-state index in [1.54, 1.807) is 57.2 Å². The second kappa shape index (κ2) is 16.0. The van der Waals surface area contributed by atoms with E-state index in [2.05, 4.69) is 17.6 Å². The topological polar surface area (TPSA) is 131 Å². The van der Waals surface area contributed by atoms with E-state index in [1.807, 2.05) is 19.1 Å². The van der Waals surface area contributed by atoms with Crippen LogP contribution in [0.2, 0.25) is 5.02 Å². The molecule has 10 heteroatoms. The molecule has 0 aliphatic carbocycles. The van der Waals surface area contributed by atoms with Gasteiger partial charge in [0.1, 0.15) is 17.7 Å². The largest absolute Gasteiger partial charge is 0.444 e. The third-order valence-corrected chi connectivity index (χ3v) is 6.66. The van der Waals surface area contributed by atoms with Crippen molar-refractivity contribution in [2.24, 2.45) is 5.73 Å². The highest BCUT2D eigenvalue weighted by atomic mass is 35.5. The summed E-state index contributed by atoms with van der Waals surface area (Å²) in [4.78, 5) is 54.1. The summed E-state index contributed by atoms with van der Waals surface area (Å²) in [7, 11) is 0. The quantitative estimate of drug-likeness (QED) is 0.237. The molecule has 0 bridgehead atoms. The SMILES string of the molecule is CCCCCCN(C(=O)C(CCC(N)=O)NC(=O)OC(C)(C)C)C(C(=O)Nc1c(C)cccc1Cl)c1ccccc1. The fourth-order valence-electron chi connectivity index (χ4n) is 4.36. The molecule has 2 unspecified atom stereocenters. The molecule has 41 heavy (non-hydrogen) atoms. The highest BCUT2D eigenvalue weighted by Crippen LogP contribution is 2.30. The van der Waals surface area contributed by atoms with Gasteiger partial charge in [-0.1, -0.05) is 80.3 Å². The van der Waals surface area contributed by atoms with Gasteiger partial charge in [0, 0.05) is 13.0 Å². The second-order valence-electron chi connectivity index (χ2n) is 11.0. The van der Waals surface area contributed by atoms with Gasteiger partial charge in [0.15, 0.2) is 0 Å². The lowest BCUT2D eigenvalue weighted by Crippen LogP contribution is -2.52. The van der Waals surface area contributed by atoms with Gasteiger partial charge in [0.25, 0.3) is 5.91 Å². The van der Waals surface area contributed by atoms with Crippen molar-refractivity contribution in [1.29, 1.82) is 0 Å². The fourth-order valence-corrected chi connectivity index (χ4v) is 4.63. The van der Waals surface area contributed by atoms with Crippen molar-refractivity contribution in [3.63, 3.8) is 0 Å². The van der Waals surface area contributed by atoms with Crippen LogP contribution in [-0.2, 0) is 19.1 Å². The summed E-state index contributed by atoms with van der Waals surface area (Å²) in [6.45, 7) is 9.28. The number of rotatable bonds is 14. The van der Waals surface area contributed by atoms with E-state index in [9.17, 15) is 19.2 Å². The Kier molecular flexibility index (Phi) is 13.1. The minimum Gasteiger partial charge on any atom is -0.444 e. The number of unbranched alkanes of at least 4 members (excludes halogenated alkanes) is 3. The molecule has 2 aromatic carbocycles. The predicted octanol–water partition coefficient (Wildman–Crippen LogP) is 5.90. The molecule has 2 atom stereocenters. The molecule has 0 aliphatic rings. The molecule has 0 aromatic heterocycles. The Morgan fingerprint density at radius 2 is 1.68 bits per heavy atom. The number of ether oxygens (including phenoxy) is 1. The van der Waals surface area contributed by atoms with Gasteiger partial charge in [-0.2, -0.15) is 0 Å². The van der Waals surface area contributed by atoms with Crippen molar-refractivity contribution in [3.05, 3.63) is 64.7 Å². The molecule has 0 fully saturated rings. The smallest absolute Gasteiger partial charge is 0.408 e. The molecular formula is C31H43ClN4O5. The van der Waals surface area contributed by atoms with Gasteiger partial charge in [-0.25, -0.2) is 4.79 Å². The highest BCUT2D eigenvalue weighted by Gasteiger charge is 2.36. The molecular weight excluding hydrogens is 544 g/mol. The average molecular weight is 587 g/mol. The van der Waals surface area contributed by atoms with Crippen LogP contribution in [0, 0.1) is 6.92 Å². The zero-order valence-electron chi connectivity index (χ0n) is 24.7. The van der Waals surface area contributed by atoms with Crippen LogP contribution >= 0.6 is 11.6 Å². The van der Waals surface area contributed by atoms with Crippen molar-refractivity contribution in [1.82, 2.24) is 10.2 Å². The normalized spacial score (nSPS) is 12.6. The van der Waals surface area contributed by atoms with Crippen molar-refractivity contribution < 1.29 is 23.9 Å². The van der Waals surface area contributed by atoms with Crippen LogP contribution in [0.15, 0.2) is 48.5 Å². The second-order valence-corrected chi connectivity index (χ2v) is 11.4. The average Bonchev–Trinajstić information content (AvgIpc) is 2.89. The Bertz CT molecular complexity index is 1160. The minimum atomic E-state index is -1.15. The van der Waals surface area contributed by atoms with Crippen molar-refractivity contribution in [3.8, 4) is 0 Å². The fraction of sp³-hybridized carbons (Fsp3) is 0.484. The van der Waals surface area contributed by atoms with E-state index in [0.717, 1.165) is 24.8 Å². The number of nitrogens with one attached hydrogen (secondary N) is 2. The molecule has 4 N–H and O–H groups in total. The molecule has 224 valence electrons. The standard InChI is InChI=1S/C31H43ClN4O5/c1-6-7-8-12-20-36(29(39)24(18-19-25(33)37)34-30(40)41-31(3,4)5)27(22-15-10-9-11-16-22)28(38)35-26-21(2)14-13-17-23(26)32/h9-11,13-17,24,27H,6-8,12,18-20H2,1-5H3,(H2,33,37)(H,34,40)(H,35,38). The van der Waals surface area contributed by atoms with E-state index in [0.29, 0.717) is 22.7 Å². The molecule has 0 aliphatic heterocycles. The number of nitrogens with two attached hydrogens (primary N) is 1. The lowest BCUT2D eigenvalue weighted by Gasteiger charge is -2.34. The highest BCUT2D eigenvalue weighted by molar-refractivity contribution is 6.34. The van der Waals surface area contributed by atoms with Crippen LogP contribution in [0.4, 0.5) is 10.5 Å². The number of para-hydroxylation sites is 1. The molecule has 0 heterocycles. The first-order valence-electron chi connectivity index (χ1n) is 14.0. The minimum absolute atomic E-state index is 0.0500. The van der Waals surface area contributed by atoms with Crippen LogP contribution in [-0.4, -0.2) is 46.9 Å². The molecule has 2 rings (SSSR count). The van der Waals surface area contributed by atoms with Gasteiger partial charge in [0.05, 0.1) is 10.7 Å². The van der Waals surface area contributed by atoms with Crippen LogP contribution in [0.3, 0.4) is 0 Å². The summed E-state index contributed by atoms with van der Waals surface area (Å²) < 4.78 is 5.39. The number of amides is 4. The number of primary amides is 1. The first-order valence-corrected chi connectivity index (χ1v) is 14.4. The molecule has 0 saturated carbocycles. The Labute approximate surface area is 248 Å². The lowest BCUT2D eigenvalue weighted by atomic mass is 10.0. The maximum absolute atomic E-state index is 14.2. The summed E-state index contributed by atoms with van der Waals surface area (Å²) in [5.74, 6) is -1.59. The summed E-state index contributed by atoms with van der Waals surface area (Å²) in [6.07, 6.45) is 2.43. The van der Waals surface area contributed by atoms with Crippen LogP contribution < -0.4 is 16.4 Å². The van der Waals surface area contributed by atoms with E-state index in [4.69, 9.17) is 22.1 Å². The molecule has 0 saturated heterocycles. The summed E-state index contributed by atoms with van der Waals surface area (Å²) in [5.41, 5.74) is 6.40. The third-order valence-electron chi connectivity index (χ3n) is 6.35. The Balaban J connectivity index is 2.54. The van der Waals surface area contributed by atoms with E-state index >= 15 is 0 Å². The molecule has 4 amide bonds. The maximum atomic E-state index is 14.2. The molecule has 9 nitrogen and oxygen atoms in total. The van der Waals surface area contributed by atoms with Gasteiger partial charge < -0.3 is 26.0 Å². The Hall–Kier alpha value is -3.59. The third kappa shape index (κ3) is 11.1. The van der Waals surface area contributed by atoms with Gasteiger partial charge in [0.2, 0.25) is 11.8 Å². The zero-order chi connectivity index (χ0) is 30.6. The number of hydrogen-bond donors (Lipinski definition) is 3. The van der Waals surface area contributed by atoms with Gasteiger partial charge in [-0.3, -0.25) is 14.4 Å². The number of anilines is 1. The van der Waals surface area contributed by atoms with Crippen molar-refractivity contribution in [2.75, 3.05) is 11.9 Å². The van der Waals surface area contributed by atoms with Crippen molar-refractivity contribution >= 4 is 41.1 Å². The van der Waals surface area contributed by atoms with Crippen LogP contribution in [0.1, 0.15) is 83.4 Å². The number of alkyl carbamates (subject to hydrolysis) is 1. The van der Waals surface area contributed by atoms with Crippen molar-refractivity contribution in [2.45, 2.75) is 90.8 Å². The number of carbonyl (C=O) groups excluding carboxylic acids is 4. The number of nitrogens with zero attached hydrogens (tertiary/aromatic N) is 1. The van der Waals surface area contributed by atoms with Gasteiger partial charge in [-0.05, 0) is 57.7 Å². The zero-order valence-corrected chi connectivity index (χ0v) is 25.4. The van der Waals surface area contributed by atoms with E-state index < -0.39 is 41.5 Å². The number of hydrogen-bond acceptors (Lipinski definition) is 5. The van der Waals surface area contributed by atoms with Gasteiger partial charge in [-0.15, -0.1) is 0 Å². The maximum Gasteiger partial charge on any atom is 0.408 e. The molecule has 0 radical (unpaired) electrons. The van der Waals surface area contributed by atoms with E-state index in [1.165, 1.54) is 4.90 Å². The first kappa shape index (κ1) is 33.6. The van der Waals surface area contributed by atoms with Crippen LogP contribution in [0.5, 0.6) is 0 Å². The first-order chi connectivity index (χ1) is 19.3.